The van der Waals surface area contributed by atoms with Crippen LogP contribution in [0.3, 0.4) is 0 Å². The van der Waals surface area contributed by atoms with E-state index in [0.717, 1.165) is 45.6 Å². The van der Waals surface area contributed by atoms with Gasteiger partial charge in [0.05, 0.1) is 12.7 Å². The van der Waals surface area contributed by atoms with Crippen LogP contribution in [-0.2, 0) is 4.74 Å². The van der Waals surface area contributed by atoms with Crippen molar-refractivity contribution in [2.45, 2.75) is 25.4 Å². The van der Waals surface area contributed by atoms with E-state index in [-0.39, 0.29) is 0 Å². The van der Waals surface area contributed by atoms with Crippen LogP contribution in [0.1, 0.15) is 19.3 Å². The standard InChI is InChI=1S/C12H24N2O/c1-3-4-5-8-14(2)9-6-12-11-13-7-10-15-12/h3,12-13H,1,4-11H2,2H3. The number of nitrogens with zero attached hydrogens (tertiary/aromatic N) is 1. The van der Waals surface area contributed by atoms with Crippen LogP contribution in [0.2, 0.25) is 0 Å². The minimum absolute atomic E-state index is 0.417. The van der Waals surface area contributed by atoms with Gasteiger partial charge >= 0.3 is 0 Å². The Balaban J connectivity index is 1.99. The summed E-state index contributed by atoms with van der Waals surface area (Å²) in [6, 6.07) is 0. The summed E-state index contributed by atoms with van der Waals surface area (Å²) in [5.74, 6) is 0. The van der Waals surface area contributed by atoms with Crippen LogP contribution in [0.25, 0.3) is 0 Å². The number of allylic oxidation sites excluding steroid dienone is 1. The van der Waals surface area contributed by atoms with E-state index >= 15 is 0 Å². The highest BCUT2D eigenvalue weighted by Gasteiger charge is 2.13. The van der Waals surface area contributed by atoms with Crippen LogP contribution in [0.5, 0.6) is 0 Å². The third kappa shape index (κ3) is 5.92. The largest absolute Gasteiger partial charge is 0.376 e. The number of nitrogens with one attached hydrogen (secondary N) is 1. The fourth-order valence-electron chi connectivity index (χ4n) is 1.79. The second-order valence-corrected chi connectivity index (χ2v) is 4.22. The van der Waals surface area contributed by atoms with Crippen molar-refractivity contribution in [2.24, 2.45) is 0 Å². The number of rotatable bonds is 7. The molecule has 0 aromatic rings. The molecule has 3 nitrogen and oxygen atoms in total. The smallest absolute Gasteiger partial charge is 0.0712 e. The molecule has 1 unspecified atom stereocenters. The Labute approximate surface area is 93.5 Å². The van der Waals surface area contributed by atoms with E-state index in [1.165, 1.54) is 6.42 Å². The van der Waals surface area contributed by atoms with Crippen LogP contribution in [0, 0.1) is 0 Å². The van der Waals surface area contributed by atoms with Gasteiger partial charge in [-0.25, -0.2) is 0 Å². The third-order valence-corrected chi connectivity index (χ3v) is 2.79. The Bertz CT molecular complexity index is 167. The van der Waals surface area contributed by atoms with Gasteiger partial charge in [0.1, 0.15) is 0 Å². The summed E-state index contributed by atoms with van der Waals surface area (Å²) in [4.78, 5) is 2.38. The summed E-state index contributed by atoms with van der Waals surface area (Å²) in [5.41, 5.74) is 0. The molecule has 0 spiro atoms. The Morgan fingerprint density at radius 2 is 2.40 bits per heavy atom. The number of hydrogen-bond acceptors (Lipinski definition) is 3. The number of unbranched alkanes of at least 4 members (excludes halogenated alkanes) is 1. The van der Waals surface area contributed by atoms with E-state index in [2.05, 4.69) is 23.8 Å². The van der Waals surface area contributed by atoms with Crippen LogP contribution in [-0.4, -0.2) is 50.8 Å². The molecule has 0 aliphatic carbocycles. The molecular formula is C12H24N2O. The zero-order valence-corrected chi connectivity index (χ0v) is 9.87. The van der Waals surface area contributed by atoms with Gasteiger partial charge < -0.3 is 15.0 Å². The molecule has 88 valence electrons. The van der Waals surface area contributed by atoms with Gasteiger partial charge in [-0.05, 0) is 32.9 Å². The lowest BCUT2D eigenvalue weighted by molar-refractivity contribution is 0.0187. The fraction of sp³-hybridized carbons (Fsp3) is 0.833. The molecule has 1 aliphatic heterocycles. The second kappa shape index (κ2) is 7.85. The summed E-state index contributed by atoms with van der Waals surface area (Å²) in [5, 5.41) is 3.35. The van der Waals surface area contributed by atoms with Gasteiger partial charge in [0.15, 0.2) is 0 Å². The molecule has 1 heterocycles. The van der Waals surface area contributed by atoms with Crippen molar-refractivity contribution < 1.29 is 4.74 Å². The average Bonchev–Trinajstić information content (AvgIpc) is 2.28. The van der Waals surface area contributed by atoms with Gasteiger partial charge in [-0.15, -0.1) is 6.58 Å². The Kier molecular flexibility index (Phi) is 6.64. The zero-order valence-electron chi connectivity index (χ0n) is 9.87. The molecule has 1 aliphatic rings. The van der Waals surface area contributed by atoms with Crippen molar-refractivity contribution in [1.29, 1.82) is 0 Å². The van der Waals surface area contributed by atoms with Crippen LogP contribution >= 0.6 is 0 Å². The lowest BCUT2D eigenvalue weighted by Crippen LogP contribution is -2.40. The fourth-order valence-corrected chi connectivity index (χ4v) is 1.79. The molecule has 1 rings (SSSR count). The molecule has 1 atom stereocenters. The number of ether oxygens (including phenoxy) is 1. The van der Waals surface area contributed by atoms with Crippen molar-refractivity contribution in [2.75, 3.05) is 39.8 Å². The van der Waals surface area contributed by atoms with Gasteiger partial charge in [0.25, 0.3) is 0 Å². The van der Waals surface area contributed by atoms with Gasteiger partial charge in [0.2, 0.25) is 0 Å². The van der Waals surface area contributed by atoms with Gasteiger partial charge in [0, 0.05) is 19.6 Å². The summed E-state index contributed by atoms with van der Waals surface area (Å²) in [6.45, 7) is 8.90. The molecule has 0 aromatic carbocycles. The quantitative estimate of drug-likeness (QED) is 0.508. The highest BCUT2D eigenvalue weighted by atomic mass is 16.5. The lowest BCUT2D eigenvalue weighted by atomic mass is 10.2. The molecule has 0 bridgehead atoms. The van der Waals surface area contributed by atoms with Crippen LogP contribution < -0.4 is 5.32 Å². The van der Waals surface area contributed by atoms with E-state index in [0.29, 0.717) is 6.10 Å². The maximum Gasteiger partial charge on any atom is 0.0712 e. The molecule has 1 N–H and O–H groups in total. The predicted molar refractivity (Wildman–Crippen MR) is 64.2 cm³/mol. The van der Waals surface area contributed by atoms with Gasteiger partial charge in [-0.2, -0.15) is 0 Å². The maximum atomic E-state index is 5.65. The highest BCUT2D eigenvalue weighted by molar-refractivity contribution is 4.70. The molecule has 0 aromatic heterocycles. The van der Waals surface area contributed by atoms with Crippen molar-refractivity contribution in [3.63, 3.8) is 0 Å². The Hall–Kier alpha value is -0.380. The highest BCUT2D eigenvalue weighted by Crippen LogP contribution is 2.03. The van der Waals surface area contributed by atoms with Crippen molar-refractivity contribution in [3.8, 4) is 0 Å². The predicted octanol–water partition coefficient (Wildman–Crippen LogP) is 1.26. The first-order valence-electron chi connectivity index (χ1n) is 5.94. The van der Waals surface area contributed by atoms with Crippen molar-refractivity contribution in [3.05, 3.63) is 12.7 Å². The molecule has 0 saturated carbocycles. The van der Waals surface area contributed by atoms with E-state index < -0.39 is 0 Å². The molecule has 1 saturated heterocycles. The van der Waals surface area contributed by atoms with E-state index in [9.17, 15) is 0 Å². The van der Waals surface area contributed by atoms with Crippen LogP contribution in [0.15, 0.2) is 12.7 Å². The normalized spacial score (nSPS) is 21.9. The third-order valence-electron chi connectivity index (χ3n) is 2.79. The first-order chi connectivity index (χ1) is 7.33. The van der Waals surface area contributed by atoms with Gasteiger partial charge in [-0.3, -0.25) is 0 Å². The lowest BCUT2D eigenvalue weighted by Gasteiger charge is -2.25. The summed E-state index contributed by atoms with van der Waals surface area (Å²) in [6.07, 6.45) is 5.87. The SMILES string of the molecule is C=CCCCN(C)CCC1CNCCO1. The minimum atomic E-state index is 0.417. The first-order valence-corrected chi connectivity index (χ1v) is 5.94. The molecule has 0 amide bonds. The second-order valence-electron chi connectivity index (χ2n) is 4.22. The van der Waals surface area contributed by atoms with E-state index in [1.807, 2.05) is 6.08 Å². The number of hydrogen-bond donors (Lipinski definition) is 1. The summed E-state index contributed by atoms with van der Waals surface area (Å²) >= 11 is 0. The minimum Gasteiger partial charge on any atom is -0.376 e. The van der Waals surface area contributed by atoms with Gasteiger partial charge in [-0.1, -0.05) is 6.08 Å². The van der Waals surface area contributed by atoms with E-state index in [4.69, 9.17) is 4.74 Å². The van der Waals surface area contributed by atoms with E-state index in [1.54, 1.807) is 0 Å². The first kappa shape index (κ1) is 12.7. The number of morpholine rings is 1. The zero-order chi connectivity index (χ0) is 10.9. The van der Waals surface area contributed by atoms with Crippen molar-refractivity contribution in [1.82, 2.24) is 10.2 Å². The maximum absolute atomic E-state index is 5.65. The average molecular weight is 212 g/mol. The molecule has 15 heavy (non-hydrogen) atoms. The monoisotopic (exact) mass is 212 g/mol. The molecule has 0 radical (unpaired) electrons. The molecule has 1 fully saturated rings. The molecular weight excluding hydrogens is 188 g/mol. The Morgan fingerprint density at radius 1 is 1.53 bits per heavy atom. The molecule has 3 heteroatoms. The Morgan fingerprint density at radius 3 is 3.07 bits per heavy atom. The van der Waals surface area contributed by atoms with Crippen LogP contribution in [0.4, 0.5) is 0 Å². The summed E-state index contributed by atoms with van der Waals surface area (Å²) < 4.78 is 5.65. The topological polar surface area (TPSA) is 24.5 Å². The van der Waals surface area contributed by atoms with Crippen molar-refractivity contribution >= 4 is 0 Å². The summed E-state index contributed by atoms with van der Waals surface area (Å²) in [7, 11) is 2.18.